The number of fused-ring (bicyclic) bond motifs is 2. The fraction of sp³-hybridized carbons (Fsp3) is 0.190. The molecule has 0 aliphatic carbocycles. The first kappa shape index (κ1) is 19.9. The van der Waals surface area contributed by atoms with Crippen LogP contribution in [0.4, 0.5) is 5.69 Å². The first-order valence-corrected chi connectivity index (χ1v) is 12.1. The minimum atomic E-state index is 0. The molecule has 0 fully saturated rings. The number of halogens is 1. The van der Waals surface area contributed by atoms with E-state index in [4.69, 9.17) is 0 Å². The molecule has 0 unspecified atom stereocenters. The van der Waals surface area contributed by atoms with Gasteiger partial charge < -0.3 is 24.0 Å². The van der Waals surface area contributed by atoms with E-state index in [-0.39, 0.29) is 24.0 Å². The van der Waals surface area contributed by atoms with Crippen LogP contribution >= 0.6 is 0 Å². The molecule has 0 bridgehead atoms. The molecule has 2 nitrogen and oxygen atoms in total. The number of rotatable bonds is 4. The van der Waals surface area contributed by atoms with Crippen molar-refractivity contribution in [3.05, 3.63) is 69.8 Å². The van der Waals surface area contributed by atoms with Crippen LogP contribution in [0.15, 0.2) is 65.3 Å². The van der Waals surface area contributed by atoms with E-state index in [1.165, 1.54) is 29.1 Å². The Balaban J connectivity index is 0.00000196. The molecule has 26 heavy (non-hydrogen) atoms. The van der Waals surface area contributed by atoms with Crippen LogP contribution in [0.25, 0.3) is 15.9 Å². The van der Waals surface area contributed by atoms with E-state index >= 15 is 0 Å². The molecular weight excluding hydrogens is 565 g/mol. The molecule has 1 aliphatic rings. The predicted octanol–water partition coefficient (Wildman–Crippen LogP) is -0.0676. The molecule has 0 N–H and O–H groups in total. The first-order chi connectivity index (χ1) is 12.3. The molecule has 0 atom stereocenters. The van der Waals surface area contributed by atoms with Gasteiger partial charge in [0.05, 0.1) is 0 Å². The number of para-hydroxylation sites is 2. The number of aromatic nitrogens is 1. The number of benzene rings is 2. The molecule has 2 aromatic carbocycles. The van der Waals surface area contributed by atoms with Crippen molar-refractivity contribution in [1.29, 1.82) is 0 Å². The molecule has 5 heteroatoms. The smallest absolute Gasteiger partial charge is 1.00 e. The largest absolute Gasteiger partial charge is 1.00 e. The summed E-state index contributed by atoms with van der Waals surface area (Å²) in [7, 11) is 0. The fourth-order valence-electron chi connectivity index (χ4n) is 3.22. The standard InChI is InChI=1S/C21H21N2Se2.HI/c1-3-22-16-10-5-7-12-18(16)24-20(22)14-9-15-21-23(4-2)17-11-6-8-13-19(17)25-21;/h5-15H,3-4H2,1-2H3;1H/q+1;/p-1. The fourth-order valence-corrected chi connectivity index (χ4v) is 8.00. The number of hydrogen-bond acceptors (Lipinski definition) is 1. The number of anilines is 1. The summed E-state index contributed by atoms with van der Waals surface area (Å²) in [4.78, 5) is 2.45. The summed E-state index contributed by atoms with van der Waals surface area (Å²) >= 11 is 0.825. The third-order valence-corrected chi connectivity index (χ3v) is 9.13. The van der Waals surface area contributed by atoms with E-state index in [1.807, 2.05) is 0 Å². The van der Waals surface area contributed by atoms with Crippen molar-refractivity contribution in [1.82, 2.24) is 0 Å². The molecule has 0 saturated heterocycles. The first-order valence-electron chi connectivity index (χ1n) is 8.66. The summed E-state index contributed by atoms with van der Waals surface area (Å²) < 4.78 is 8.36. The van der Waals surface area contributed by atoms with Crippen LogP contribution in [0.1, 0.15) is 18.4 Å². The maximum absolute atomic E-state index is 2.45. The van der Waals surface area contributed by atoms with Gasteiger partial charge in [-0.15, -0.1) is 0 Å². The summed E-state index contributed by atoms with van der Waals surface area (Å²) in [6.45, 7) is 6.54. The zero-order chi connectivity index (χ0) is 17.2. The monoisotopic (exact) mass is 588 g/mol. The van der Waals surface area contributed by atoms with Gasteiger partial charge in [-0.3, -0.25) is 0 Å². The Bertz CT molecular complexity index is 975. The van der Waals surface area contributed by atoms with Gasteiger partial charge in [0.15, 0.2) is 0 Å². The number of allylic oxidation sites excluding steroid dienone is 2. The second-order valence-corrected chi connectivity index (χ2v) is 10.3. The van der Waals surface area contributed by atoms with Crippen LogP contribution in [0.5, 0.6) is 0 Å². The average molecular weight is 586 g/mol. The SMILES string of the molecule is CCN1/C(=C\C=C\c2[se]c3ccccc3[n+]2CC)[Se]c2ccccc21.[I-]. The maximum Gasteiger partial charge on any atom is -1.00 e. The average Bonchev–Trinajstić information content (AvgIpc) is 3.18. The van der Waals surface area contributed by atoms with E-state index in [2.05, 4.69) is 90.1 Å². The van der Waals surface area contributed by atoms with Gasteiger partial charge in [-0.1, -0.05) is 0 Å². The third-order valence-electron chi connectivity index (χ3n) is 4.38. The van der Waals surface area contributed by atoms with Crippen molar-refractivity contribution < 1.29 is 28.5 Å². The molecule has 0 spiro atoms. The third kappa shape index (κ3) is 3.74. The Morgan fingerprint density at radius 2 is 1.81 bits per heavy atom. The molecule has 134 valence electrons. The summed E-state index contributed by atoms with van der Waals surface area (Å²) in [6, 6.07) is 17.6. The van der Waals surface area contributed by atoms with Crippen molar-refractivity contribution in [3.63, 3.8) is 0 Å². The Morgan fingerprint density at radius 3 is 2.62 bits per heavy atom. The molecule has 4 rings (SSSR count). The molecule has 0 saturated carbocycles. The summed E-state index contributed by atoms with van der Waals surface area (Å²) in [5.74, 6) is 0. The quantitative estimate of drug-likeness (QED) is 0.236. The van der Waals surface area contributed by atoms with Crippen LogP contribution in [0.2, 0.25) is 0 Å². The topological polar surface area (TPSA) is 7.12 Å². The Kier molecular flexibility index (Phi) is 6.81. The zero-order valence-corrected chi connectivity index (χ0v) is 20.4. The van der Waals surface area contributed by atoms with Crippen molar-refractivity contribution >= 4 is 55.5 Å². The summed E-state index contributed by atoms with van der Waals surface area (Å²) in [5.41, 5.74) is 2.79. The molecule has 1 aliphatic heterocycles. The molecule has 1 aromatic heterocycles. The molecule has 3 aromatic rings. The Labute approximate surface area is 184 Å². The van der Waals surface area contributed by atoms with Gasteiger partial charge in [0.2, 0.25) is 0 Å². The van der Waals surface area contributed by atoms with Crippen molar-refractivity contribution in [2.45, 2.75) is 20.4 Å². The van der Waals surface area contributed by atoms with Gasteiger partial charge >= 0.3 is 162 Å². The van der Waals surface area contributed by atoms with E-state index in [9.17, 15) is 0 Å². The number of aryl methyl sites for hydroxylation is 1. The van der Waals surface area contributed by atoms with Gasteiger partial charge in [0.1, 0.15) is 0 Å². The van der Waals surface area contributed by atoms with Gasteiger partial charge in [-0.2, -0.15) is 0 Å². The van der Waals surface area contributed by atoms with E-state index in [0.717, 1.165) is 13.1 Å². The second-order valence-electron chi connectivity index (χ2n) is 5.83. The van der Waals surface area contributed by atoms with Gasteiger partial charge in [-0.25, -0.2) is 0 Å². The molecule has 0 amide bonds. The van der Waals surface area contributed by atoms with E-state index in [1.54, 1.807) is 0 Å². The van der Waals surface area contributed by atoms with Gasteiger partial charge in [0, 0.05) is 0 Å². The van der Waals surface area contributed by atoms with Crippen LogP contribution in [0, 0.1) is 0 Å². The maximum atomic E-state index is 2.45. The molecule has 2 heterocycles. The molecule has 0 radical (unpaired) electrons. The van der Waals surface area contributed by atoms with Gasteiger partial charge in [0.25, 0.3) is 0 Å². The van der Waals surface area contributed by atoms with Crippen molar-refractivity contribution in [2.75, 3.05) is 11.4 Å². The minimum absolute atomic E-state index is 0. The normalized spacial score (nSPS) is 15.0. The number of nitrogens with zero attached hydrogens (tertiary/aromatic N) is 2. The van der Waals surface area contributed by atoms with Crippen LogP contribution < -0.4 is 37.9 Å². The van der Waals surface area contributed by atoms with E-state index < -0.39 is 0 Å². The van der Waals surface area contributed by atoms with Crippen molar-refractivity contribution in [2.24, 2.45) is 0 Å². The zero-order valence-electron chi connectivity index (χ0n) is 14.9. The second kappa shape index (κ2) is 8.90. The Morgan fingerprint density at radius 1 is 1.04 bits per heavy atom. The Hall–Kier alpha value is -0.841. The van der Waals surface area contributed by atoms with Crippen LogP contribution in [-0.2, 0) is 6.54 Å². The van der Waals surface area contributed by atoms with Gasteiger partial charge in [-0.05, 0) is 0 Å². The summed E-state index contributed by atoms with van der Waals surface area (Å²) in [6.07, 6.45) is 6.91. The van der Waals surface area contributed by atoms with Crippen LogP contribution in [-0.4, -0.2) is 36.0 Å². The number of hydrogen-bond donors (Lipinski definition) is 0. The minimum Gasteiger partial charge on any atom is -1.00 e. The molecular formula is C21H21IN2Se2. The van der Waals surface area contributed by atoms with Crippen molar-refractivity contribution in [3.8, 4) is 0 Å². The van der Waals surface area contributed by atoms with E-state index in [0.29, 0.717) is 29.5 Å². The summed E-state index contributed by atoms with van der Waals surface area (Å²) in [5, 5.41) is 0. The predicted molar refractivity (Wildman–Crippen MR) is 109 cm³/mol. The van der Waals surface area contributed by atoms with Crippen LogP contribution in [0.3, 0.4) is 0 Å².